The first-order valence-electron chi connectivity index (χ1n) is 7.32. The summed E-state index contributed by atoms with van der Waals surface area (Å²) in [5, 5.41) is 13.8. The molecule has 1 amide bonds. The van der Waals surface area contributed by atoms with E-state index in [1.54, 1.807) is 4.90 Å². The van der Waals surface area contributed by atoms with Crippen molar-refractivity contribution in [2.45, 2.75) is 13.3 Å². The first-order valence-corrected chi connectivity index (χ1v) is 7.32. The van der Waals surface area contributed by atoms with Crippen LogP contribution in [0.4, 0.5) is 5.69 Å². The van der Waals surface area contributed by atoms with E-state index in [-0.39, 0.29) is 19.0 Å². The van der Waals surface area contributed by atoms with Crippen LogP contribution in [-0.4, -0.2) is 41.5 Å². The van der Waals surface area contributed by atoms with Crippen molar-refractivity contribution in [1.82, 2.24) is 4.90 Å². The molecule has 5 heteroatoms. The third-order valence-electron chi connectivity index (χ3n) is 3.33. The number of hydrogen-bond donors (Lipinski definition) is 2. The predicted molar refractivity (Wildman–Crippen MR) is 86.9 cm³/mol. The zero-order valence-corrected chi connectivity index (χ0v) is 12.6. The van der Waals surface area contributed by atoms with E-state index < -0.39 is 5.97 Å². The number of carbonyl (C=O) groups is 2. The number of carboxylic acids is 1. The highest BCUT2D eigenvalue weighted by molar-refractivity contribution is 6.02. The topological polar surface area (TPSA) is 69.6 Å². The molecule has 5 nitrogen and oxygen atoms in total. The smallest absolute Gasteiger partial charge is 0.317 e. The first-order chi connectivity index (χ1) is 10.6. The summed E-state index contributed by atoms with van der Waals surface area (Å²) >= 11 is 0. The van der Waals surface area contributed by atoms with Crippen LogP contribution in [0.5, 0.6) is 0 Å². The number of nitrogens with zero attached hydrogens (tertiary/aromatic N) is 1. The largest absolute Gasteiger partial charge is 0.480 e. The van der Waals surface area contributed by atoms with E-state index in [0.29, 0.717) is 6.54 Å². The molecular formula is C17H20N2O3. The van der Waals surface area contributed by atoms with Crippen LogP contribution >= 0.6 is 0 Å². The van der Waals surface area contributed by atoms with Crippen LogP contribution in [0.15, 0.2) is 42.5 Å². The second-order valence-electron chi connectivity index (χ2n) is 5.18. The summed E-state index contributed by atoms with van der Waals surface area (Å²) in [5.41, 5.74) is 0.745. The van der Waals surface area contributed by atoms with Gasteiger partial charge in [0.1, 0.15) is 0 Å². The molecule has 0 unspecified atom stereocenters. The van der Waals surface area contributed by atoms with Crippen molar-refractivity contribution in [1.29, 1.82) is 0 Å². The molecule has 0 aliphatic rings. The maximum absolute atomic E-state index is 12.2. The third kappa shape index (κ3) is 4.30. The predicted octanol–water partition coefficient (Wildman–Crippen LogP) is 2.57. The molecule has 0 atom stereocenters. The number of benzene rings is 2. The second-order valence-corrected chi connectivity index (χ2v) is 5.18. The number of hydrogen-bond acceptors (Lipinski definition) is 3. The van der Waals surface area contributed by atoms with Crippen LogP contribution in [0.3, 0.4) is 0 Å². The molecule has 0 aromatic heterocycles. The standard InChI is InChI=1S/C17H20N2O3/c1-2-10-19(12-17(21)22)11-16(20)18-15-9-5-7-13-6-3-4-8-14(13)15/h3-9H,2,10-12H2,1H3,(H,18,20)(H,21,22). The summed E-state index contributed by atoms with van der Waals surface area (Å²) < 4.78 is 0. The van der Waals surface area contributed by atoms with Gasteiger partial charge in [-0.3, -0.25) is 14.5 Å². The van der Waals surface area contributed by atoms with Crippen molar-refractivity contribution >= 4 is 28.3 Å². The average molecular weight is 300 g/mol. The van der Waals surface area contributed by atoms with Crippen LogP contribution < -0.4 is 5.32 Å². The van der Waals surface area contributed by atoms with E-state index in [4.69, 9.17) is 5.11 Å². The summed E-state index contributed by atoms with van der Waals surface area (Å²) in [6, 6.07) is 13.5. The van der Waals surface area contributed by atoms with Crippen molar-refractivity contribution < 1.29 is 14.7 Å². The highest BCUT2D eigenvalue weighted by Gasteiger charge is 2.14. The molecule has 2 N–H and O–H groups in total. The summed E-state index contributed by atoms with van der Waals surface area (Å²) in [7, 11) is 0. The number of carboxylic acid groups (broad SMARTS) is 1. The van der Waals surface area contributed by atoms with Gasteiger partial charge in [0.15, 0.2) is 0 Å². The Morgan fingerprint density at radius 3 is 2.55 bits per heavy atom. The number of amides is 1. The quantitative estimate of drug-likeness (QED) is 0.824. The van der Waals surface area contributed by atoms with Crippen molar-refractivity contribution in [3.05, 3.63) is 42.5 Å². The fraction of sp³-hybridized carbons (Fsp3) is 0.294. The molecule has 2 rings (SSSR count). The molecule has 0 bridgehead atoms. The number of aliphatic carboxylic acids is 1. The van der Waals surface area contributed by atoms with E-state index in [2.05, 4.69) is 5.32 Å². The number of rotatable bonds is 7. The zero-order chi connectivity index (χ0) is 15.9. The minimum Gasteiger partial charge on any atom is -0.480 e. The maximum atomic E-state index is 12.2. The molecule has 0 fully saturated rings. The highest BCUT2D eigenvalue weighted by atomic mass is 16.4. The van der Waals surface area contributed by atoms with Gasteiger partial charge < -0.3 is 10.4 Å². The Balaban J connectivity index is 2.08. The van der Waals surface area contributed by atoms with Crippen molar-refractivity contribution in [3.8, 4) is 0 Å². The van der Waals surface area contributed by atoms with Crippen LogP contribution in [0.2, 0.25) is 0 Å². The lowest BCUT2D eigenvalue weighted by molar-refractivity contribution is -0.138. The zero-order valence-electron chi connectivity index (χ0n) is 12.6. The number of nitrogens with one attached hydrogen (secondary N) is 1. The van der Waals surface area contributed by atoms with Gasteiger partial charge in [-0.15, -0.1) is 0 Å². The Hall–Kier alpha value is -2.40. The lowest BCUT2D eigenvalue weighted by Crippen LogP contribution is -2.37. The van der Waals surface area contributed by atoms with Crippen LogP contribution in [0, 0.1) is 0 Å². The molecule has 0 saturated heterocycles. The van der Waals surface area contributed by atoms with E-state index in [0.717, 1.165) is 22.9 Å². The minimum atomic E-state index is -0.925. The van der Waals surface area contributed by atoms with Gasteiger partial charge in [-0.05, 0) is 24.4 Å². The Labute approximate surface area is 129 Å². The van der Waals surface area contributed by atoms with E-state index in [1.807, 2.05) is 49.4 Å². The van der Waals surface area contributed by atoms with Crippen molar-refractivity contribution in [3.63, 3.8) is 0 Å². The van der Waals surface area contributed by atoms with Crippen molar-refractivity contribution in [2.24, 2.45) is 0 Å². The first kappa shape index (κ1) is 16.0. The fourth-order valence-corrected chi connectivity index (χ4v) is 2.45. The van der Waals surface area contributed by atoms with Crippen LogP contribution in [0.25, 0.3) is 10.8 Å². The van der Waals surface area contributed by atoms with Crippen LogP contribution in [0.1, 0.15) is 13.3 Å². The summed E-state index contributed by atoms with van der Waals surface area (Å²) in [6.45, 7) is 2.48. The lowest BCUT2D eigenvalue weighted by atomic mass is 10.1. The molecule has 0 heterocycles. The Morgan fingerprint density at radius 1 is 1.09 bits per heavy atom. The fourth-order valence-electron chi connectivity index (χ4n) is 2.45. The van der Waals surface area contributed by atoms with E-state index >= 15 is 0 Å². The maximum Gasteiger partial charge on any atom is 0.317 e. The van der Waals surface area contributed by atoms with Crippen molar-refractivity contribution in [2.75, 3.05) is 25.0 Å². The summed E-state index contributed by atoms with van der Waals surface area (Å²) in [6.07, 6.45) is 0.800. The minimum absolute atomic E-state index is 0.0728. The summed E-state index contributed by atoms with van der Waals surface area (Å²) in [5.74, 6) is -1.13. The SMILES string of the molecule is CCCN(CC(=O)O)CC(=O)Nc1cccc2ccccc12. The lowest BCUT2D eigenvalue weighted by Gasteiger charge is -2.19. The van der Waals surface area contributed by atoms with E-state index in [1.165, 1.54) is 0 Å². The van der Waals surface area contributed by atoms with E-state index in [9.17, 15) is 9.59 Å². The van der Waals surface area contributed by atoms with Crippen LogP contribution in [-0.2, 0) is 9.59 Å². The summed E-state index contributed by atoms with van der Waals surface area (Å²) in [4.78, 5) is 24.6. The molecule has 0 saturated carbocycles. The normalized spacial score (nSPS) is 10.8. The number of fused-ring (bicyclic) bond motifs is 1. The molecule has 116 valence electrons. The highest BCUT2D eigenvalue weighted by Crippen LogP contribution is 2.22. The second kappa shape index (κ2) is 7.56. The monoisotopic (exact) mass is 300 g/mol. The molecule has 2 aromatic rings. The van der Waals surface area contributed by atoms with Gasteiger partial charge in [-0.2, -0.15) is 0 Å². The Morgan fingerprint density at radius 2 is 1.82 bits per heavy atom. The Bertz CT molecular complexity index is 665. The van der Waals surface area contributed by atoms with Gasteiger partial charge >= 0.3 is 5.97 Å². The molecule has 0 aliphatic carbocycles. The van der Waals surface area contributed by atoms with Gasteiger partial charge in [0.25, 0.3) is 0 Å². The molecular weight excluding hydrogens is 280 g/mol. The van der Waals surface area contributed by atoms with Gasteiger partial charge in [-0.25, -0.2) is 0 Å². The Kier molecular flexibility index (Phi) is 5.49. The van der Waals surface area contributed by atoms with Gasteiger partial charge in [0.05, 0.1) is 13.1 Å². The number of anilines is 1. The molecule has 0 radical (unpaired) electrons. The molecule has 0 spiro atoms. The van der Waals surface area contributed by atoms with Gasteiger partial charge in [-0.1, -0.05) is 43.3 Å². The molecule has 22 heavy (non-hydrogen) atoms. The molecule has 2 aromatic carbocycles. The van der Waals surface area contributed by atoms with Gasteiger partial charge in [0, 0.05) is 11.1 Å². The number of carbonyl (C=O) groups excluding carboxylic acids is 1. The molecule has 0 aliphatic heterocycles. The van der Waals surface area contributed by atoms with Gasteiger partial charge in [0.2, 0.25) is 5.91 Å². The third-order valence-corrected chi connectivity index (χ3v) is 3.33. The average Bonchev–Trinajstić information content (AvgIpc) is 2.47.